The maximum absolute atomic E-state index is 13.0. The summed E-state index contributed by atoms with van der Waals surface area (Å²) in [6, 6.07) is -0.245. The van der Waals surface area contributed by atoms with Crippen LogP contribution in [0.15, 0.2) is 0 Å². The van der Waals surface area contributed by atoms with Gasteiger partial charge in [-0.25, -0.2) is 0 Å². The van der Waals surface area contributed by atoms with Gasteiger partial charge < -0.3 is 15.7 Å². The van der Waals surface area contributed by atoms with Gasteiger partial charge in [-0.3, -0.25) is 4.79 Å². The number of carbonyl (C=O) groups excluding carboxylic acids is 1. The number of hydrogen-bond donors (Lipinski definition) is 2. The lowest BCUT2D eigenvalue weighted by atomic mass is 9.46. The minimum Gasteiger partial charge on any atom is -0.390 e. The fourth-order valence-corrected chi connectivity index (χ4v) is 6.19. The zero-order valence-corrected chi connectivity index (χ0v) is 15.2. The largest absolute Gasteiger partial charge is 0.390 e. The summed E-state index contributed by atoms with van der Waals surface area (Å²) >= 11 is 0. The molecule has 0 radical (unpaired) electrons. The molecular weight excluding hydrogens is 288 g/mol. The first-order chi connectivity index (χ1) is 10.6. The number of aliphatic hydroxyl groups is 1. The third-order valence-electron chi connectivity index (χ3n) is 6.82. The molecule has 4 fully saturated rings. The first kappa shape index (κ1) is 17.2. The van der Waals surface area contributed by atoms with E-state index < -0.39 is 11.6 Å². The monoisotopic (exact) mass is 322 g/mol. The minimum absolute atomic E-state index is 0.0729. The Hall–Kier alpha value is -0.610. The average Bonchev–Trinajstić information content (AvgIpc) is 2.41. The lowest BCUT2D eigenvalue weighted by molar-refractivity contribution is -0.177. The van der Waals surface area contributed by atoms with Gasteiger partial charge in [-0.1, -0.05) is 13.8 Å². The topological polar surface area (TPSA) is 66.6 Å². The molecule has 0 spiro atoms. The summed E-state index contributed by atoms with van der Waals surface area (Å²) in [7, 11) is 1.89. The summed E-state index contributed by atoms with van der Waals surface area (Å²) in [6.45, 7) is 6.48. The van der Waals surface area contributed by atoms with Crippen LogP contribution in [0.5, 0.6) is 0 Å². The molecule has 4 aliphatic carbocycles. The number of hydrogen-bond acceptors (Lipinski definition) is 3. The minimum atomic E-state index is -0.551. The van der Waals surface area contributed by atoms with Crippen LogP contribution < -0.4 is 5.73 Å². The molecule has 4 rings (SSSR count). The van der Waals surface area contributed by atoms with E-state index in [-0.39, 0.29) is 17.4 Å². The Labute approximate surface area is 140 Å². The van der Waals surface area contributed by atoms with E-state index in [0.717, 1.165) is 38.5 Å². The van der Waals surface area contributed by atoms with Crippen LogP contribution in [0.2, 0.25) is 0 Å². The van der Waals surface area contributed by atoms with Crippen LogP contribution in [0.1, 0.15) is 65.7 Å². The van der Waals surface area contributed by atoms with Crippen LogP contribution in [0.25, 0.3) is 0 Å². The van der Waals surface area contributed by atoms with E-state index in [1.165, 1.54) is 6.42 Å². The predicted octanol–water partition coefficient (Wildman–Crippen LogP) is 2.54. The van der Waals surface area contributed by atoms with Gasteiger partial charge in [0.2, 0.25) is 5.91 Å². The lowest BCUT2D eigenvalue weighted by Crippen LogP contribution is -2.64. The maximum atomic E-state index is 13.0. The standard InChI is InChI=1S/C19H34N2O2/c1-12(2)5-13(3)21(4)17(22)16(20)18-7-14-6-15(8-18)10-19(23,9-14)11-18/h12-16,23H,5-11,20H2,1-4H3/t13-,14?,15?,16-,18?,19?/m1/s1. The Kier molecular flexibility index (Phi) is 4.29. The first-order valence-corrected chi connectivity index (χ1v) is 9.39. The molecule has 4 atom stereocenters. The highest BCUT2D eigenvalue weighted by Crippen LogP contribution is 2.62. The van der Waals surface area contributed by atoms with Gasteiger partial charge in [0.15, 0.2) is 0 Å². The molecule has 0 aliphatic heterocycles. The van der Waals surface area contributed by atoms with Crippen molar-refractivity contribution in [1.82, 2.24) is 4.90 Å². The second kappa shape index (κ2) is 5.73. The Bertz CT molecular complexity index is 462. The highest BCUT2D eigenvalue weighted by molar-refractivity contribution is 5.82. The third kappa shape index (κ3) is 3.05. The van der Waals surface area contributed by atoms with Gasteiger partial charge in [0, 0.05) is 13.1 Å². The Morgan fingerprint density at radius 1 is 1.22 bits per heavy atom. The number of carbonyl (C=O) groups is 1. The molecule has 4 saturated carbocycles. The zero-order valence-electron chi connectivity index (χ0n) is 15.2. The molecule has 0 aromatic carbocycles. The normalized spacial score (nSPS) is 41.2. The van der Waals surface area contributed by atoms with Gasteiger partial charge in [-0.2, -0.15) is 0 Å². The van der Waals surface area contributed by atoms with Crippen molar-refractivity contribution in [3.05, 3.63) is 0 Å². The number of likely N-dealkylation sites (N-methyl/N-ethyl adjacent to an activating group) is 1. The molecule has 4 aliphatic rings. The van der Waals surface area contributed by atoms with Crippen molar-refractivity contribution in [2.24, 2.45) is 28.9 Å². The van der Waals surface area contributed by atoms with E-state index in [0.29, 0.717) is 17.8 Å². The van der Waals surface area contributed by atoms with E-state index in [4.69, 9.17) is 5.73 Å². The van der Waals surface area contributed by atoms with Crippen molar-refractivity contribution in [1.29, 1.82) is 0 Å². The predicted molar refractivity (Wildman–Crippen MR) is 91.7 cm³/mol. The molecule has 1 amide bonds. The smallest absolute Gasteiger partial charge is 0.240 e. The first-order valence-electron chi connectivity index (χ1n) is 9.39. The van der Waals surface area contributed by atoms with E-state index in [1.807, 2.05) is 11.9 Å². The summed E-state index contributed by atoms with van der Waals surface area (Å²) in [4.78, 5) is 14.9. The maximum Gasteiger partial charge on any atom is 0.240 e. The van der Waals surface area contributed by atoms with Crippen LogP contribution in [0.3, 0.4) is 0 Å². The third-order valence-corrected chi connectivity index (χ3v) is 6.82. The summed E-state index contributed by atoms with van der Waals surface area (Å²) in [5.74, 6) is 1.78. The molecule has 0 aromatic rings. The Morgan fingerprint density at radius 2 is 1.78 bits per heavy atom. The van der Waals surface area contributed by atoms with Crippen molar-refractivity contribution in [2.45, 2.75) is 83.4 Å². The van der Waals surface area contributed by atoms with Crippen molar-refractivity contribution in [3.63, 3.8) is 0 Å². The van der Waals surface area contributed by atoms with Crippen molar-refractivity contribution in [3.8, 4) is 0 Å². The molecule has 3 N–H and O–H groups in total. The van der Waals surface area contributed by atoms with Gasteiger partial charge in [0.25, 0.3) is 0 Å². The summed E-state index contributed by atoms with van der Waals surface area (Å²) < 4.78 is 0. The van der Waals surface area contributed by atoms with Gasteiger partial charge in [-0.05, 0) is 75.0 Å². The lowest BCUT2D eigenvalue weighted by Gasteiger charge is -2.61. The second-order valence-electron chi connectivity index (χ2n) is 9.45. The summed E-state index contributed by atoms with van der Waals surface area (Å²) in [5, 5.41) is 10.9. The van der Waals surface area contributed by atoms with Gasteiger partial charge in [-0.15, -0.1) is 0 Å². The zero-order chi connectivity index (χ0) is 17.0. The van der Waals surface area contributed by atoms with Gasteiger partial charge >= 0.3 is 0 Å². The van der Waals surface area contributed by atoms with E-state index in [1.54, 1.807) is 0 Å². The number of rotatable bonds is 5. The fraction of sp³-hybridized carbons (Fsp3) is 0.947. The number of nitrogens with zero attached hydrogens (tertiary/aromatic N) is 1. The molecule has 0 saturated heterocycles. The van der Waals surface area contributed by atoms with Crippen molar-refractivity contribution >= 4 is 5.91 Å². The van der Waals surface area contributed by atoms with Crippen molar-refractivity contribution in [2.75, 3.05) is 7.05 Å². The fourth-order valence-electron chi connectivity index (χ4n) is 6.19. The van der Waals surface area contributed by atoms with Crippen LogP contribution in [-0.4, -0.2) is 40.6 Å². The van der Waals surface area contributed by atoms with E-state index in [9.17, 15) is 9.90 Å². The molecule has 0 aromatic heterocycles. The molecule has 4 nitrogen and oxygen atoms in total. The molecule has 2 unspecified atom stereocenters. The molecule has 4 heteroatoms. The van der Waals surface area contributed by atoms with E-state index >= 15 is 0 Å². The number of amides is 1. The highest BCUT2D eigenvalue weighted by atomic mass is 16.3. The average molecular weight is 322 g/mol. The van der Waals surface area contributed by atoms with Crippen LogP contribution in [0, 0.1) is 23.2 Å². The van der Waals surface area contributed by atoms with Crippen molar-refractivity contribution < 1.29 is 9.90 Å². The Morgan fingerprint density at radius 3 is 2.26 bits per heavy atom. The molecule has 4 bridgehead atoms. The van der Waals surface area contributed by atoms with Gasteiger partial charge in [0.1, 0.15) is 0 Å². The summed E-state index contributed by atoms with van der Waals surface area (Å²) in [6.07, 6.45) is 6.86. The van der Waals surface area contributed by atoms with E-state index in [2.05, 4.69) is 20.8 Å². The molecular formula is C19H34N2O2. The van der Waals surface area contributed by atoms with Crippen LogP contribution in [0.4, 0.5) is 0 Å². The summed E-state index contributed by atoms with van der Waals surface area (Å²) in [5.41, 5.74) is 5.83. The van der Waals surface area contributed by atoms with Gasteiger partial charge in [0.05, 0.1) is 11.6 Å². The van der Waals surface area contributed by atoms with Crippen LogP contribution in [-0.2, 0) is 4.79 Å². The number of nitrogens with two attached hydrogens (primary N) is 1. The quantitative estimate of drug-likeness (QED) is 0.817. The molecule has 0 heterocycles. The molecule has 132 valence electrons. The Balaban J connectivity index is 1.74. The highest BCUT2D eigenvalue weighted by Gasteiger charge is 2.60. The SMILES string of the molecule is CC(C)C[C@@H](C)N(C)C(=O)[C@@H](N)C12CC3CC(CC(O)(C3)C1)C2. The second-order valence-corrected chi connectivity index (χ2v) is 9.45. The van der Waals surface area contributed by atoms with Crippen LogP contribution >= 0.6 is 0 Å². The molecule has 23 heavy (non-hydrogen) atoms.